The SMILES string of the molecule is C.N.[Cr].[Ni]. The summed E-state index contributed by atoms with van der Waals surface area (Å²) in [6.45, 7) is 0. The second kappa shape index (κ2) is 36.6. The summed E-state index contributed by atoms with van der Waals surface area (Å²) in [5.74, 6) is 0. The van der Waals surface area contributed by atoms with E-state index in [1.54, 1.807) is 0 Å². The topological polar surface area (TPSA) is 35.0 Å². The van der Waals surface area contributed by atoms with Crippen LogP contribution in [0.2, 0.25) is 0 Å². The van der Waals surface area contributed by atoms with E-state index in [2.05, 4.69) is 0 Å². The van der Waals surface area contributed by atoms with Crippen molar-refractivity contribution in [2.24, 2.45) is 0 Å². The Bertz CT molecular complexity index is 8.00. The van der Waals surface area contributed by atoms with E-state index in [1.165, 1.54) is 0 Å². The molecule has 0 heterocycles. The Labute approximate surface area is 47.8 Å². The molecule has 0 aromatic heterocycles. The van der Waals surface area contributed by atoms with Gasteiger partial charge in [-0.3, -0.25) is 0 Å². The summed E-state index contributed by atoms with van der Waals surface area (Å²) in [7, 11) is 0. The Morgan fingerprint density at radius 1 is 1.00 bits per heavy atom. The van der Waals surface area contributed by atoms with Crippen LogP contribution in [0.3, 0.4) is 0 Å². The van der Waals surface area contributed by atoms with Gasteiger partial charge in [-0.05, 0) is 0 Å². The Balaban J connectivity index is 0. The van der Waals surface area contributed by atoms with Gasteiger partial charge < -0.3 is 6.15 Å². The van der Waals surface area contributed by atoms with E-state index >= 15 is 0 Å². The summed E-state index contributed by atoms with van der Waals surface area (Å²) in [5, 5.41) is 0. The summed E-state index contributed by atoms with van der Waals surface area (Å²) >= 11 is 0. The smallest absolute Gasteiger partial charge is 0 e. The van der Waals surface area contributed by atoms with Crippen molar-refractivity contribution in [3.05, 3.63) is 0 Å². The summed E-state index contributed by atoms with van der Waals surface area (Å²) < 4.78 is 0. The molecule has 0 rings (SSSR count). The van der Waals surface area contributed by atoms with Crippen LogP contribution in [0.4, 0.5) is 0 Å². The zero-order valence-corrected chi connectivity index (χ0v) is 3.69. The van der Waals surface area contributed by atoms with Gasteiger partial charge in [-0.15, -0.1) is 0 Å². The largest absolute Gasteiger partial charge is 0.344 e. The monoisotopic (exact) mass is 143 g/mol. The van der Waals surface area contributed by atoms with Crippen LogP contribution in [0, 0.1) is 0 Å². The first-order valence-electron chi connectivity index (χ1n) is 0. The van der Waals surface area contributed by atoms with E-state index in [0.717, 1.165) is 0 Å². The molecule has 0 fully saturated rings. The van der Waals surface area contributed by atoms with E-state index in [-0.39, 0.29) is 47.4 Å². The maximum atomic E-state index is 0. The molecule has 3 N–H and O–H groups in total. The summed E-state index contributed by atoms with van der Waals surface area (Å²) in [4.78, 5) is 0. The van der Waals surface area contributed by atoms with Crippen LogP contribution >= 0.6 is 0 Å². The van der Waals surface area contributed by atoms with Crippen molar-refractivity contribution < 1.29 is 33.9 Å². The molecular formula is CH7CrNNi. The summed E-state index contributed by atoms with van der Waals surface area (Å²) in [6, 6.07) is 0. The van der Waals surface area contributed by atoms with Crippen LogP contribution in [0.25, 0.3) is 0 Å². The fraction of sp³-hybridized carbons (Fsp3) is 1.00. The van der Waals surface area contributed by atoms with Gasteiger partial charge in [0, 0.05) is 33.9 Å². The molecule has 0 radical (unpaired) electrons. The van der Waals surface area contributed by atoms with E-state index < -0.39 is 0 Å². The third-order valence-electron chi connectivity index (χ3n) is 0. The molecule has 32 valence electrons. The van der Waals surface area contributed by atoms with Gasteiger partial charge >= 0.3 is 0 Å². The predicted octanol–water partition coefficient (Wildman–Crippen LogP) is 0.793. The van der Waals surface area contributed by atoms with Crippen molar-refractivity contribution in [2.45, 2.75) is 7.43 Å². The van der Waals surface area contributed by atoms with Crippen molar-refractivity contribution in [3.8, 4) is 0 Å². The molecule has 0 unspecified atom stereocenters. The number of hydrogen-bond donors (Lipinski definition) is 1. The van der Waals surface area contributed by atoms with Gasteiger partial charge in [0.2, 0.25) is 0 Å². The number of rotatable bonds is 0. The van der Waals surface area contributed by atoms with Gasteiger partial charge in [0.05, 0.1) is 0 Å². The minimum Gasteiger partial charge on any atom is -0.344 e. The van der Waals surface area contributed by atoms with Gasteiger partial charge in [-0.1, -0.05) is 7.43 Å². The van der Waals surface area contributed by atoms with Crippen LogP contribution in [-0.4, -0.2) is 0 Å². The zero-order chi connectivity index (χ0) is 0. The Morgan fingerprint density at radius 3 is 1.00 bits per heavy atom. The molecule has 0 saturated carbocycles. The Morgan fingerprint density at radius 2 is 1.00 bits per heavy atom. The molecule has 0 aliphatic carbocycles. The molecular weight excluding hydrogens is 137 g/mol. The Kier molecular flexibility index (Phi) is 745. The van der Waals surface area contributed by atoms with Crippen LogP contribution in [0.5, 0.6) is 0 Å². The molecule has 0 saturated heterocycles. The van der Waals surface area contributed by atoms with Gasteiger partial charge in [0.25, 0.3) is 0 Å². The fourth-order valence-electron chi connectivity index (χ4n) is 0. The summed E-state index contributed by atoms with van der Waals surface area (Å²) in [6.07, 6.45) is 0. The molecule has 0 aromatic carbocycles. The molecule has 0 amide bonds. The number of hydrogen-bond acceptors (Lipinski definition) is 1. The quantitative estimate of drug-likeness (QED) is 0.501. The minimum absolute atomic E-state index is 0. The van der Waals surface area contributed by atoms with Gasteiger partial charge in [-0.2, -0.15) is 0 Å². The maximum absolute atomic E-state index is 0. The molecule has 0 bridgehead atoms. The van der Waals surface area contributed by atoms with Crippen LogP contribution in [0.1, 0.15) is 7.43 Å². The van der Waals surface area contributed by atoms with Crippen molar-refractivity contribution in [1.29, 1.82) is 0 Å². The standard InChI is InChI=1S/CH4.Cr.H3N.Ni/h1H4;;1H3;. The second-order valence-electron chi connectivity index (χ2n) is 0. The second-order valence-corrected chi connectivity index (χ2v) is 0. The van der Waals surface area contributed by atoms with Crippen LogP contribution in [-0.2, 0) is 33.9 Å². The molecule has 0 atom stereocenters. The normalized spacial score (nSPS) is 0. The fourth-order valence-corrected chi connectivity index (χ4v) is 0. The van der Waals surface area contributed by atoms with Crippen molar-refractivity contribution >= 4 is 0 Å². The first-order valence-corrected chi connectivity index (χ1v) is 0. The van der Waals surface area contributed by atoms with E-state index in [4.69, 9.17) is 0 Å². The first-order chi connectivity index (χ1) is 0. The van der Waals surface area contributed by atoms with Crippen LogP contribution < -0.4 is 6.15 Å². The molecule has 4 heavy (non-hydrogen) atoms. The Hall–Kier alpha value is 0.986. The van der Waals surface area contributed by atoms with E-state index in [1.807, 2.05) is 0 Å². The van der Waals surface area contributed by atoms with Crippen molar-refractivity contribution in [2.75, 3.05) is 0 Å². The molecule has 0 spiro atoms. The maximum Gasteiger partial charge on any atom is 0 e. The third-order valence-corrected chi connectivity index (χ3v) is 0. The zero-order valence-electron chi connectivity index (χ0n) is 1.43. The van der Waals surface area contributed by atoms with Gasteiger partial charge in [-0.25, -0.2) is 0 Å². The van der Waals surface area contributed by atoms with Gasteiger partial charge in [0.1, 0.15) is 0 Å². The van der Waals surface area contributed by atoms with E-state index in [9.17, 15) is 0 Å². The molecule has 0 aliphatic heterocycles. The third kappa shape index (κ3) is 12.1. The van der Waals surface area contributed by atoms with Crippen molar-refractivity contribution in [3.63, 3.8) is 0 Å². The minimum atomic E-state index is 0. The summed E-state index contributed by atoms with van der Waals surface area (Å²) in [5.41, 5.74) is 0. The first kappa shape index (κ1) is 81.5. The molecule has 0 aliphatic rings. The van der Waals surface area contributed by atoms with Gasteiger partial charge in [0.15, 0.2) is 0 Å². The average Bonchev–Trinajstić information content (AvgIpc) is 0. The predicted molar refractivity (Wildman–Crippen MR) is 11.8 cm³/mol. The average molecular weight is 144 g/mol. The van der Waals surface area contributed by atoms with Crippen LogP contribution in [0.15, 0.2) is 0 Å². The van der Waals surface area contributed by atoms with E-state index in [0.29, 0.717) is 0 Å². The molecule has 3 heteroatoms. The molecule has 1 nitrogen and oxygen atoms in total. The van der Waals surface area contributed by atoms with Crippen molar-refractivity contribution in [1.82, 2.24) is 6.15 Å². The molecule has 0 aromatic rings.